The van der Waals surface area contributed by atoms with Crippen molar-refractivity contribution in [1.29, 1.82) is 0 Å². The van der Waals surface area contributed by atoms with Crippen LogP contribution < -0.4 is 9.64 Å². The van der Waals surface area contributed by atoms with Gasteiger partial charge in [-0.25, -0.2) is 13.2 Å². The van der Waals surface area contributed by atoms with Gasteiger partial charge in [-0.2, -0.15) is 0 Å². The number of carbonyl (C=O) groups excluding carboxylic acids is 1. The number of nitro benzene ring substituents is 1. The first-order chi connectivity index (χ1) is 12.7. The molecule has 0 spiro atoms. The van der Waals surface area contributed by atoms with Crippen LogP contribution in [0.5, 0.6) is 5.75 Å². The summed E-state index contributed by atoms with van der Waals surface area (Å²) in [7, 11) is -2.39. The molecule has 0 N–H and O–H groups in total. The first-order valence-corrected chi connectivity index (χ1v) is 9.71. The lowest BCUT2D eigenvalue weighted by atomic mass is 10.1. The Labute approximate surface area is 155 Å². The highest BCUT2D eigenvalue weighted by molar-refractivity contribution is 7.90. The average molecular weight is 392 g/mol. The summed E-state index contributed by atoms with van der Waals surface area (Å²) in [4.78, 5) is 24.3. The number of methoxy groups -OCH3 is 1. The predicted octanol–water partition coefficient (Wildman–Crippen LogP) is 2.07. The normalized spacial score (nSPS) is 16.2. The number of ether oxygens (including phenoxy) is 2. The zero-order valence-corrected chi connectivity index (χ0v) is 15.3. The lowest BCUT2D eigenvalue weighted by molar-refractivity contribution is -0.384. The summed E-state index contributed by atoms with van der Waals surface area (Å²) >= 11 is 0. The average Bonchev–Trinajstić information content (AvgIpc) is 2.65. The second kappa shape index (κ2) is 6.88. The number of anilines is 2. The molecule has 0 amide bonds. The van der Waals surface area contributed by atoms with Gasteiger partial charge in [-0.05, 0) is 24.3 Å². The molecule has 9 nitrogen and oxygen atoms in total. The number of sulfone groups is 1. The van der Waals surface area contributed by atoms with Gasteiger partial charge >= 0.3 is 5.97 Å². The third kappa shape index (κ3) is 3.56. The molecule has 3 rings (SSSR count). The number of benzene rings is 2. The van der Waals surface area contributed by atoms with Gasteiger partial charge in [-0.1, -0.05) is 12.1 Å². The van der Waals surface area contributed by atoms with Crippen molar-refractivity contribution in [2.75, 3.05) is 24.8 Å². The van der Waals surface area contributed by atoms with E-state index in [1.807, 2.05) is 0 Å². The summed E-state index contributed by atoms with van der Waals surface area (Å²) < 4.78 is 33.9. The van der Waals surface area contributed by atoms with Crippen molar-refractivity contribution in [3.05, 3.63) is 52.6 Å². The Hall–Kier alpha value is -3.14. The number of nitrogens with zero attached hydrogens (tertiary/aromatic N) is 2. The van der Waals surface area contributed by atoms with Gasteiger partial charge < -0.3 is 14.4 Å². The Kier molecular flexibility index (Phi) is 4.75. The maximum atomic E-state index is 12.0. The van der Waals surface area contributed by atoms with Crippen LogP contribution in [0.4, 0.5) is 17.1 Å². The van der Waals surface area contributed by atoms with E-state index in [9.17, 15) is 23.3 Å². The second-order valence-corrected chi connectivity index (χ2v) is 7.90. The van der Waals surface area contributed by atoms with Crippen LogP contribution >= 0.6 is 0 Å². The molecule has 27 heavy (non-hydrogen) atoms. The minimum Gasteiger partial charge on any atom is -0.475 e. The van der Waals surface area contributed by atoms with Gasteiger partial charge in [-0.3, -0.25) is 10.1 Å². The topological polar surface area (TPSA) is 116 Å². The van der Waals surface area contributed by atoms with Crippen LogP contribution in [-0.4, -0.2) is 45.3 Å². The minimum absolute atomic E-state index is 0.0251. The Morgan fingerprint density at radius 1 is 1.26 bits per heavy atom. The van der Waals surface area contributed by atoms with E-state index in [1.54, 1.807) is 29.2 Å². The molecule has 10 heteroatoms. The lowest BCUT2D eigenvalue weighted by Crippen LogP contribution is -2.43. The van der Waals surface area contributed by atoms with Crippen molar-refractivity contribution in [1.82, 2.24) is 0 Å². The Morgan fingerprint density at radius 2 is 1.96 bits per heavy atom. The van der Waals surface area contributed by atoms with E-state index in [1.165, 1.54) is 19.2 Å². The van der Waals surface area contributed by atoms with Crippen molar-refractivity contribution in [2.45, 2.75) is 11.0 Å². The third-order valence-corrected chi connectivity index (χ3v) is 5.21. The smallest absolute Gasteiger partial charge is 0.348 e. The van der Waals surface area contributed by atoms with Crippen LogP contribution in [0.25, 0.3) is 0 Å². The Balaban J connectivity index is 2.16. The third-order valence-electron chi connectivity index (χ3n) is 4.10. The molecule has 0 saturated carbocycles. The van der Waals surface area contributed by atoms with E-state index >= 15 is 0 Å². The van der Waals surface area contributed by atoms with E-state index in [2.05, 4.69) is 0 Å². The number of nitro groups is 1. The fourth-order valence-electron chi connectivity index (χ4n) is 2.83. The molecule has 1 aliphatic heterocycles. The minimum atomic E-state index is -3.62. The summed E-state index contributed by atoms with van der Waals surface area (Å²) in [6.45, 7) is -0.0251. The number of carbonyl (C=O) groups is 1. The van der Waals surface area contributed by atoms with Crippen molar-refractivity contribution in [2.24, 2.45) is 0 Å². The van der Waals surface area contributed by atoms with E-state index in [-0.39, 0.29) is 17.1 Å². The van der Waals surface area contributed by atoms with Gasteiger partial charge in [0.05, 0.1) is 29.2 Å². The molecular weight excluding hydrogens is 376 g/mol. The summed E-state index contributed by atoms with van der Waals surface area (Å²) in [5.41, 5.74) is 0.281. The SMILES string of the molecule is COC(=O)[C@H]1CN(c2ccc(S(C)(=O)=O)cc2[N+](=O)[O-])c2ccccc2O1. The number of hydrogen-bond acceptors (Lipinski definition) is 8. The molecule has 0 radical (unpaired) electrons. The monoisotopic (exact) mass is 392 g/mol. The number of rotatable bonds is 4. The molecule has 0 aromatic heterocycles. The van der Waals surface area contributed by atoms with Gasteiger partial charge in [0.1, 0.15) is 11.4 Å². The summed E-state index contributed by atoms with van der Waals surface area (Å²) in [5, 5.41) is 11.6. The highest BCUT2D eigenvalue weighted by atomic mass is 32.2. The molecule has 1 atom stereocenters. The molecule has 142 valence electrons. The maximum Gasteiger partial charge on any atom is 0.348 e. The van der Waals surface area contributed by atoms with Crippen LogP contribution in [-0.2, 0) is 19.4 Å². The van der Waals surface area contributed by atoms with Crippen molar-refractivity contribution >= 4 is 32.9 Å². The maximum absolute atomic E-state index is 12.0. The van der Waals surface area contributed by atoms with Gasteiger partial charge in [0, 0.05) is 12.3 Å². The zero-order valence-electron chi connectivity index (χ0n) is 14.5. The molecule has 0 unspecified atom stereocenters. The molecule has 2 aromatic rings. The van der Waals surface area contributed by atoms with Crippen LogP contribution in [0.15, 0.2) is 47.4 Å². The van der Waals surface area contributed by atoms with Gasteiger partial charge in [0.25, 0.3) is 5.69 Å². The number of esters is 1. The van der Waals surface area contributed by atoms with Gasteiger partial charge in [-0.15, -0.1) is 0 Å². The highest BCUT2D eigenvalue weighted by Gasteiger charge is 2.35. The molecule has 1 aliphatic rings. The summed E-state index contributed by atoms with van der Waals surface area (Å²) in [5.74, 6) is -0.259. The number of fused-ring (bicyclic) bond motifs is 1. The number of para-hydroxylation sites is 2. The second-order valence-electron chi connectivity index (χ2n) is 5.89. The van der Waals surface area contributed by atoms with Gasteiger partial charge in [0.15, 0.2) is 9.84 Å². The standard InChI is InChI=1S/C17H16N2O7S/c1-25-17(20)16-10-18(13-5-3-4-6-15(13)26-16)12-8-7-11(27(2,23)24)9-14(12)19(21)22/h3-9,16H,10H2,1-2H3/t16-/m1/s1. The zero-order chi connectivity index (χ0) is 19.8. The van der Waals surface area contributed by atoms with Crippen LogP contribution in [0.1, 0.15) is 0 Å². The lowest BCUT2D eigenvalue weighted by Gasteiger charge is -2.34. The molecule has 0 fully saturated rings. The van der Waals surface area contributed by atoms with E-state index in [4.69, 9.17) is 9.47 Å². The quantitative estimate of drug-likeness (QED) is 0.441. The fraction of sp³-hybridized carbons (Fsp3) is 0.235. The van der Waals surface area contributed by atoms with Gasteiger partial charge in [0.2, 0.25) is 6.10 Å². The Morgan fingerprint density at radius 3 is 2.59 bits per heavy atom. The highest BCUT2D eigenvalue weighted by Crippen LogP contribution is 2.42. The molecular formula is C17H16N2O7S. The molecule has 0 aliphatic carbocycles. The Bertz CT molecular complexity index is 1020. The predicted molar refractivity (Wildman–Crippen MR) is 96.1 cm³/mol. The van der Waals surface area contributed by atoms with Crippen LogP contribution in [0.2, 0.25) is 0 Å². The van der Waals surface area contributed by atoms with Crippen molar-refractivity contribution in [3.63, 3.8) is 0 Å². The van der Waals surface area contributed by atoms with Crippen LogP contribution in [0.3, 0.4) is 0 Å². The first-order valence-electron chi connectivity index (χ1n) is 7.82. The van der Waals surface area contributed by atoms with E-state index in [0.717, 1.165) is 12.3 Å². The summed E-state index contributed by atoms with van der Waals surface area (Å²) in [6.07, 6.45) is -0.0117. The van der Waals surface area contributed by atoms with Crippen molar-refractivity contribution < 1.29 is 27.6 Å². The molecule has 0 bridgehead atoms. The first kappa shape index (κ1) is 18.6. The fourth-order valence-corrected chi connectivity index (χ4v) is 3.47. The molecule has 0 saturated heterocycles. The number of hydrogen-bond donors (Lipinski definition) is 0. The molecule has 2 aromatic carbocycles. The largest absolute Gasteiger partial charge is 0.475 e. The summed E-state index contributed by atoms with van der Waals surface area (Å²) in [6, 6.07) is 10.4. The molecule has 1 heterocycles. The van der Waals surface area contributed by atoms with E-state index < -0.39 is 32.5 Å². The van der Waals surface area contributed by atoms with Crippen molar-refractivity contribution in [3.8, 4) is 5.75 Å². The van der Waals surface area contributed by atoms with Crippen LogP contribution in [0, 0.1) is 10.1 Å². The van der Waals surface area contributed by atoms with E-state index in [0.29, 0.717) is 11.4 Å².